The number of oxazole rings is 1. The van der Waals surface area contributed by atoms with E-state index in [4.69, 9.17) is 9.68 Å². The van der Waals surface area contributed by atoms with Gasteiger partial charge in [0, 0.05) is 19.1 Å². The van der Waals surface area contributed by atoms with Gasteiger partial charge in [-0.25, -0.2) is 0 Å². The molecule has 0 spiro atoms. The van der Waals surface area contributed by atoms with Gasteiger partial charge in [0.2, 0.25) is 5.91 Å². The summed E-state index contributed by atoms with van der Waals surface area (Å²) in [4.78, 5) is 18.7. The predicted molar refractivity (Wildman–Crippen MR) is 88.2 cm³/mol. The molecule has 124 valence electrons. The molecule has 7 nitrogen and oxygen atoms in total. The Bertz CT molecular complexity index is 763. The number of benzene rings is 1. The average Bonchev–Trinajstić information content (AvgIpc) is 3.32. The quantitative estimate of drug-likeness (QED) is 0.888. The lowest BCUT2D eigenvalue weighted by Gasteiger charge is -2.23. The van der Waals surface area contributed by atoms with Gasteiger partial charge >= 0.3 is 0 Å². The summed E-state index contributed by atoms with van der Waals surface area (Å²) in [5, 5.41) is 15.7. The van der Waals surface area contributed by atoms with Crippen molar-refractivity contribution in [2.45, 2.75) is 37.4 Å². The number of carbonyl (C=O) groups is 1. The van der Waals surface area contributed by atoms with E-state index in [0.29, 0.717) is 25.5 Å². The maximum absolute atomic E-state index is 12.6. The fourth-order valence-corrected chi connectivity index (χ4v) is 3.51. The van der Waals surface area contributed by atoms with E-state index < -0.39 is 0 Å². The van der Waals surface area contributed by atoms with Crippen molar-refractivity contribution in [3.8, 4) is 6.07 Å². The maximum atomic E-state index is 12.6. The molecule has 0 bridgehead atoms. The molecule has 0 radical (unpaired) electrons. The summed E-state index contributed by atoms with van der Waals surface area (Å²) in [7, 11) is 0. The van der Waals surface area contributed by atoms with Gasteiger partial charge in [0.15, 0.2) is 5.58 Å². The molecule has 2 N–H and O–H groups in total. The Morgan fingerprint density at radius 3 is 3.17 bits per heavy atom. The molecule has 1 aromatic heterocycles. The number of carbonyl (C=O) groups excluding carboxylic acids is 1. The van der Waals surface area contributed by atoms with Gasteiger partial charge in [-0.05, 0) is 31.4 Å². The number of rotatable bonds is 3. The van der Waals surface area contributed by atoms with E-state index in [1.54, 1.807) is 4.90 Å². The van der Waals surface area contributed by atoms with Crippen LogP contribution in [0.4, 0.5) is 6.01 Å². The third kappa shape index (κ3) is 2.69. The van der Waals surface area contributed by atoms with Crippen LogP contribution in [-0.4, -0.2) is 47.0 Å². The fourth-order valence-electron chi connectivity index (χ4n) is 3.51. The first-order valence-corrected chi connectivity index (χ1v) is 8.30. The number of nitrogens with one attached hydrogen (secondary N) is 2. The van der Waals surface area contributed by atoms with Crippen LogP contribution in [0.5, 0.6) is 0 Å². The first kappa shape index (κ1) is 15.0. The Balaban J connectivity index is 1.39. The highest BCUT2D eigenvalue weighted by atomic mass is 16.4. The molecule has 2 aromatic rings. The number of fused-ring (bicyclic) bond motifs is 1. The standard InChI is InChI=1S/C17H19N5O2/c18-9-12-4-3-7-22(12)16(23)14-8-11(10-19-14)20-17-21-13-5-1-2-6-15(13)24-17/h1-2,5-6,11-12,14,19H,3-4,7-8,10H2,(H,20,21)/t11-,12?,14+/m1/s1. The largest absolute Gasteiger partial charge is 0.424 e. The van der Waals surface area contributed by atoms with Crippen LogP contribution in [0.1, 0.15) is 19.3 Å². The Morgan fingerprint density at radius 2 is 2.33 bits per heavy atom. The lowest BCUT2D eigenvalue weighted by atomic mass is 10.1. The molecule has 0 aliphatic carbocycles. The molecular weight excluding hydrogens is 306 g/mol. The summed E-state index contributed by atoms with van der Waals surface area (Å²) < 4.78 is 5.67. The smallest absolute Gasteiger partial charge is 0.295 e. The number of hydrogen-bond acceptors (Lipinski definition) is 6. The first-order chi connectivity index (χ1) is 11.7. The van der Waals surface area contributed by atoms with E-state index in [9.17, 15) is 4.79 Å². The van der Waals surface area contributed by atoms with Gasteiger partial charge in [-0.3, -0.25) is 4.79 Å². The van der Waals surface area contributed by atoms with Crippen LogP contribution >= 0.6 is 0 Å². The van der Waals surface area contributed by atoms with Gasteiger partial charge in [-0.1, -0.05) is 12.1 Å². The second kappa shape index (κ2) is 6.13. The average molecular weight is 325 g/mol. The molecule has 1 amide bonds. The predicted octanol–water partition coefficient (Wildman–Crippen LogP) is 1.48. The minimum Gasteiger partial charge on any atom is -0.424 e. The summed E-state index contributed by atoms with van der Waals surface area (Å²) in [5.74, 6) is 0.0286. The van der Waals surface area contributed by atoms with Crippen LogP contribution in [0.3, 0.4) is 0 Å². The summed E-state index contributed by atoms with van der Waals surface area (Å²) in [5.41, 5.74) is 1.56. The Morgan fingerprint density at radius 1 is 1.46 bits per heavy atom. The highest BCUT2D eigenvalue weighted by Gasteiger charge is 2.37. The first-order valence-electron chi connectivity index (χ1n) is 8.30. The summed E-state index contributed by atoms with van der Waals surface area (Å²) >= 11 is 0. The Labute approximate surface area is 139 Å². The van der Waals surface area contributed by atoms with Crippen LogP contribution < -0.4 is 10.6 Å². The molecule has 2 saturated heterocycles. The topological polar surface area (TPSA) is 94.2 Å². The van der Waals surface area contributed by atoms with Crippen molar-refractivity contribution < 1.29 is 9.21 Å². The summed E-state index contributed by atoms with van der Waals surface area (Å²) in [6.07, 6.45) is 2.34. The zero-order chi connectivity index (χ0) is 16.5. The maximum Gasteiger partial charge on any atom is 0.295 e. The molecule has 0 saturated carbocycles. The SMILES string of the molecule is N#CC1CCCN1C(=O)[C@@H]1C[C@@H](Nc2nc3ccccc3o2)CN1. The molecule has 2 aliphatic rings. The van der Waals surface area contributed by atoms with Crippen LogP contribution in [0.15, 0.2) is 28.7 Å². The van der Waals surface area contributed by atoms with Crippen LogP contribution in [0.2, 0.25) is 0 Å². The van der Waals surface area contributed by atoms with Gasteiger partial charge in [0.25, 0.3) is 6.01 Å². The molecule has 2 aliphatic heterocycles. The van der Waals surface area contributed by atoms with Crippen molar-refractivity contribution >= 4 is 23.0 Å². The number of aromatic nitrogens is 1. The fraction of sp³-hybridized carbons (Fsp3) is 0.471. The third-order valence-corrected chi connectivity index (χ3v) is 4.74. The van der Waals surface area contributed by atoms with E-state index in [2.05, 4.69) is 21.7 Å². The van der Waals surface area contributed by atoms with Gasteiger partial charge in [0.05, 0.1) is 12.1 Å². The zero-order valence-electron chi connectivity index (χ0n) is 13.2. The monoisotopic (exact) mass is 325 g/mol. The number of para-hydroxylation sites is 2. The van der Waals surface area contributed by atoms with Gasteiger partial charge in [0.1, 0.15) is 11.6 Å². The third-order valence-electron chi connectivity index (χ3n) is 4.74. The second-order valence-corrected chi connectivity index (χ2v) is 6.34. The lowest BCUT2D eigenvalue weighted by Crippen LogP contribution is -2.45. The van der Waals surface area contributed by atoms with Crippen molar-refractivity contribution in [1.29, 1.82) is 5.26 Å². The van der Waals surface area contributed by atoms with Gasteiger partial charge < -0.3 is 20.0 Å². The summed E-state index contributed by atoms with van der Waals surface area (Å²) in [6.45, 7) is 1.35. The van der Waals surface area contributed by atoms with Gasteiger partial charge in [-0.15, -0.1) is 0 Å². The molecule has 7 heteroatoms. The molecule has 24 heavy (non-hydrogen) atoms. The minimum absolute atomic E-state index is 0.0286. The number of nitrogens with zero attached hydrogens (tertiary/aromatic N) is 3. The van der Waals surface area contributed by atoms with E-state index in [1.807, 2.05) is 24.3 Å². The Kier molecular flexibility index (Phi) is 3.82. The molecule has 3 atom stereocenters. The number of anilines is 1. The number of hydrogen-bond donors (Lipinski definition) is 2. The highest BCUT2D eigenvalue weighted by molar-refractivity contribution is 5.83. The van der Waals surface area contributed by atoms with E-state index in [1.165, 1.54) is 0 Å². The molecule has 3 heterocycles. The Hall–Kier alpha value is -2.59. The normalized spacial score (nSPS) is 26.6. The van der Waals surface area contributed by atoms with Crippen molar-refractivity contribution in [3.63, 3.8) is 0 Å². The molecule has 1 aromatic carbocycles. The van der Waals surface area contributed by atoms with Crippen LogP contribution in [0.25, 0.3) is 11.1 Å². The highest BCUT2D eigenvalue weighted by Crippen LogP contribution is 2.23. The minimum atomic E-state index is -0.275. The van der Waals surface area contributed by atoms with Crippen molar-refractivity contribution in [2.24, 2.45) is 0 Å². The van der Waals surface area contributed by atoms with Crippen molar-refractivity contribution in [2.75, 3.05) is 18.4 Å². The molecular formula is C17H19N5O2. The molecule has 1 unspecified atom stereocenters. The number of nitriles is 1. The lowest BCUT2D eigenvalue weighted by molar-refractivity contribution is -0.133. The van der Waals surface area contributed by atoms with Crippen LogP contribution in [-0.2, 0) is 4.79 Å². The van der Waals surface area contributed by atoms with E-state index >= 15 is 0 Å². The molecule has 4 rings (SSSR count). The van der Waals surface area contributed by atoms with Crippen LogP contribution in [0, 0.1) is 11.3 Å². The van der Waals surface area contributed by atoms with Crippen molar-refractivity contribution in [1.82, 2.24) is 15.2 Å². The number of likely N-dealkylation sites (tertiary alicyclic amines) is 1. The van der Waals surface area contributed by atoms with Gasteiger partial charge in [-0.2, -0.15) is 10.2 Å². The summed E-state index contributed by atoms with van der Waals surface area (Å²) in [6, 6.07) is 9.86. The number of amides is 1. The van der Waals surface area contributed by atoms with E-state index in [-0.39, 0.29) is 24.0 Å². The molecule has 2 fully saturated rings. The van der Waals surface area contributed by atoms with Crippen molar-refractivity contribution in [3.05, 3.63) is 24.3 Å². The van der Waals surface area contributed by atoms with E-state index in [0.717, 1.165) is 23.9 Å². The second-order valence-electron chi connectivity index (χ2n) is 6.34. The zero-order valence-corrected chi connectivity index (χ0v) is 13.2.